The van der Waals surface area contributed by atoms with Crippen molar-refractivity contribution in [3.63, 3.8) is 0 Å². The number of hydrogen-bond donors (Lipinski definition) is 2. The average Bonchev–Trinajstić information content (AvgIpc) is 2.53. The zero-order valence-electron chi connectivity index (χ0n) is 6.96. The maximum Gasteiger partial charge on any atom is 0.279 e. The van der Waals surface area contributed by atoms with Crippen LogP contribution in [0.5, 0.6) is 0 Å². The van der Waals surface area contributed by atoms with Crippen molar-refractivity contribution < 1.29 is 0 Å². The van der Waals surface area contributed by atoms with Crippen LogP contribution in [-0.4, -0.2) is 4.98 Å². The second kappa shape index (κ2) is 2.69. The number of pyridine rings is 1. The van der Waals surface area contributed by atoms with Crippen molar-refractivity contribution >= 4 is 11.4 Å². The summed E-state index contributed by atoms with van der Waals surface area (Å²) >= 11 is 0. The topological polar surface area (TPSA) is 88.3 Å². The van der Waals surface area contributed by atoms with Gasteiger partial charge >= 0.3 is 0 Å². The van der Waals surface area contributed by atoms with Gasteiger partial charge in [-0.05, 0) is 30.0 Å². The highest BCUT2D eigenvalue weighted by Gasteiger charge is 2.19. The van der Waals surface area contributed by atoms with Crippen molar-refractivity contribution in [1.82, 2.24) is 4.98 Å². The minimum Gasteiger partial charge on any atom is -0.396 e. The molecule has 0 unspecified atom stereocenters. The van der Waals surface area contributed by atoms with Crippen molar-refractivity contribution in [3.05, 3.63) is 26.5 Å². The van der Waals surface area contributed by atoms with Gasteiger partial charge in [-0.1, -0.05) is 0 Å². The Bertz CT molecular complexity index is 422. The van der Waals surface area contributed by atoms with E-state index in [0.29, 0.717) is 0 Å². The molecule has 1 aliphatic carbocycles. The summed E-state index contributed by atoms with van der Waals surface area (Å²) in [5.74, 6) is 0. The highest BCUT2D eigenvalue weighted by Crippen LogP contribution is 2.29. The molecule has 0 aliphatic heterocycles. The number of fused-ring (bicyclic) bond motifs is 1. The molecule has 0 aromatic carbocycles. The summed E-state index contributed by atoms with van der Waals surface area (Å²) < 4.78 is 0. The summed E-state index contributed by atoms with van der Waals surface area (Å²) in [6, 6.07) is 0. The molecule has 0 bridgehead atoms. The van der Waals surface area contributed by atoms with Crippen LogP contribution >= 0.6 is 0 Å². The Morgan fingerprint density at radius 1 is 1.38 bits per heavy atom. The smallest absolute Gasteiger partial charge is 0.279 e. The minimum atomic E-state index is -0.479. The molecule has 0 spiro atoms. The predicted octanol–water partition coefficient (Wildman–Crippen LogP) is 0.844. The maximum absolute atomic E-state index is 11.2. The van der Waals surface area contributed by atoms with Crippen molar-refractivity contribution in [2.24, 2.45) is 5.18 Å². The highest BCUT2D eigenvalue weighted by molar-refractivity contribution is 5.67. The van der Waals surface area contributed by atoms with E-state index in [1.165, 1.54) is 0 Å². The van der Waals surface area contributed by atoms with Crippen molar-refractivity contribution in [1.29, 1.82) is 0 Å². The molecule has 1 aromatic rings. The molecule has 5 heteroatoms. The SMILES string of the molecule is Nc1c2c([nH]c(=O)c1N=O)CCC2. The lowest BCUT2D eigenvalue weighted by atomic mass is 10.1. The van der Waals surface area contributed by atoms with Crippen LogP contribution in [0.25, 0.3) is 0 Å². The Morgan fingerprint density at radius 2 is 2.15 bits per heavy atom. The first-order chi connectivity index (χ1) is 6.24. The fraction of sp³-hybridized carbons (Fsp3) is 0.375. The number of aromatic amines is 1. The van der Waals surface area contributed by atoms with Crippen LogP contribution in [0.3, 0.4) is 0 Å². The van der Waals surface area contributed by atoms with E-state index in [-0.39, 0.29) is 11.4 Å². The summed E-state index contributed by atoms with van der Waals surface area (Å²) in [4.78, 5) is 24.1. The second-order valence-corrected chi connectivity index (χ2v) is 3.12. The van der Waals surface area contributed by atoms with Crippen LogP contribution in [0.2, 0.25) is 0 Å². The molecule has 5 nitrogen and oxygen atoms in total. The normalized spacial score (nSPS) is 14.2. The van der Waals surface area contributed by atoms with Gasteiger partial charge in [0, 0.05) is 5.69 Å². The molecule has 0 saturated carbocycles. The molecule has 0 saturated heterocycles. The van der Waals surface area contributed by atoms with Gasteiger partial charge in [0.15, 0.2) is 5.69 Å². The fourth-order valence-electron chi connectivity index (χ4n) is 1.73. The lowest BCUT2D eigenvalue weighted by molar-refractivity contribution is 0.897. The number of anilines is 1. The summed E-state index contributed by atoms with van der Waals surface area (Å²) in [6.07, 6.45) is 2.62. The molecule has 1 heterocycles. The van der Waals surface area contributed by atoms with Crippen molar-refractivity contribution in [2.75, 3.05) is 5.73 Å². The molecule has 0 radical (unpaired) electrons. The Kier molecular flexibility index (Phi) is 1.65. The van der Waals surface area contributed by atoms with Gasteiger partial charge in [0.1, 0.15) is 0 Å². The van der Waals surface area contributed by atoms with Gasteiger partial charge in [-0.3, -0.25) is 4.79 Å². The van der Waals surface area contributed by atoms with Gasteiger partial charge in [-0.15, -0.1) is 4.91 Å². The Morgan fingerprint density at radius 3 is 2.85 bits per heavy atom. The molecule has 1 aromatic heterocycles. The van der Waals surface area contributed by atoms with Gasteiger partial charge in [0.2, 0.25) is 0 Å². The fourth-order valence-corrected chi connectivity index (χ4v) is 1.73. The lowest BCUT2D eigenvalue weighted by Gasteiger charge is -2.03. The first kappa shape index (κ1) is 7.97. The summed E-state index contributed by atoms with van der Waals surface area (Å²) in [7, 11) is 0. The van der Waals surface area contributed by atoms with Gasteiger partial charge in [-0.2, -0.15) is 0 Å². The number of aryl methyl sites for hydroxylation is 1. The monoisotopic (exact) mass is 179 g/mol. The van der Waals surface area contributed by atoms with E-state index in [4.69, 9.17) is 5.73 Å². The summed E-state index contributed by atoms with van der Waals surface area (Å²) in [5.41, 5.74) is 6.97. The Balaban J connectivity index is 2.76. The van der Waals surface area contributed by atoms with Crippen LogP contribution in [0.15, 0.2) is 9.97 Å². The van der Waals surface area contributed by atoms with E-state index in [0.717, 1.165) is 30.5 Å². The van der Waals surface area contributed by atoms with Crippen LogP contribution in [0.1, 0.15) is 17.7 Å². The van der Waals surface area contributed by atoms with Crippen molar-refractivity contribution in [2.45, 2.75) is 19.3 Å². The largest absolute Gasteiger partial charge is 0.396 e. The van der Waals surface area contributed by atoms with Crippen LogP contribution < -0.4 is 11.3 Å². The number of nitrogens with two attached hydrogens (primary N) is 1. The number of H-pyrrole nitrogens is 1. The maximum atomic E-state index is 11.2. The van der Waals surface area contributed by atoms with Gasteiger partial charge in [-0.25, -0.2) is 0 Å². The van der Waals surface area contributed by atoms with Gasteiger partial charge in [0.25, 0.3) is 5.56 Å². The number of rotatable bonds is 1. The zero-order valence-corrected chi connectivity index (χ0v) is 6.96. The molecular formula is C8H9N3O2. The van der Waals surface area contributed by atoms with E-state index >= 15 is 0 Å². The summed E-state index contributed by atoms with van der Waals surface area (Å²) in [6.45, 7) is 0. The zero-order chi connectivity index (χ0) is 9.42. The average molecular weight is 179 g/mol. The third-order valence-corrected chi connectivity index (χ3v) is 2.37. The first-order valence-electron chi connectivity index (χ1n) is 4.11. The minimum absolute atomic E-state index is 0.180. The van der Waals surface area contributed by atoms with Gasteiger partial charge in [0.05, 0.1) is 5.69 Å². The standard InChI is InChI=1S/C8H9N3O2/c9-6-4-2-1-3-5(4)10-8(12)7(6)11-13/h1-3H2,(H3,9,10,12). The third kappa shape index (κ3) is 1.04. The lowest BCUT2D eigenvalue weighted by Crippen LogP contribution is -2.11. The van der Waals surface area contributed by atoms with E-state index in [2.05, 4.69) is 10.2 Å². The number of nitrogen functional groups attached to an aromatic ring is 1. The van der Waals surface area contributed by atoms with Crippen LogP contribution in [-0.2, 0) is 12.8 Å². The van der Waals surface area contributed by atoms with Crippen LogP contribution in [0, 0.1) is 4.91 Å². The molecule has 0 atom stereocenters. The van der Waals surface area contributed by atoms with E-state index in [1.807, 2.05) is 0 Å². The number of hydrogen-bond acceptors (Lipinski definition) is 4. The number of nitroso groups, excluding NO2 is 1. The molecule has 3 N–H and O–H groups in total. The van der Waals surface area contributed by atoms with Crippen LogP contribution in [0.4, 0.5) is 11.4 Å². The number of aromatic nitrogens is 1. The Labute approximate surface area is 73.9 Å². The van der Waals surface area contributed by atoms with Gasteiger partial charge < -0.3 is 10.7 Å². The second-order valence-electron chi connectivity index (χ2n) is 3.12. The molecule has 1 aliphatic rings. The molecular weight excluding hydrogens is 170 g/mol. The van der Waals surface area contributed by atoms with E-state index in [9.17, 15) is 9.70 Å². The van der Waals surface area contributed by atoms with E-state index < -0.39 is 5.56 Å². The summed E-state index contributed by atoms with van der Waals surface area (Å²) in [5, 5.41) is 2.63. The third-order valence-electron chi connectivity index (χ3n) is 2.37. The molecule has 68 valence electrons. The first-order valence-corrected chi connectivity index (χ1v) is 4.11. The van der Waals surface area contributed by atoms with E-state index in [1.54, 1.807) is 0 Å². The number of nitrogens with one attached hydrogen (secondary N) is 1. The highest BCUT2D eigenvalue weighted by atomic mass is 16.3. The number of nitrogens with zero attached hydrogens (tertiary/aromatic N) is 1. The molecule has 13 heavy (non-hydrogen) atoms. The Hall–Kier alpha value is -1.65. The predicted molar refractivity (Wildman–Crippen MR) is 49.0 cm³/mol. The molecule has 0 amide bonds. The van der Waals surface area contributed by atoms with Crippen molar-refractivity contribution in [3.8, 4) is 0 Å². The molecule has 2 rings (SSSR count). The quantitative estimate of drug-likeness (QED) is 0.626. The molecule has 0 fully saturated rings.